The predicted molar refractivity (Wildman–Crippen MR) is 99.0 cm³/mol. The van der Waals surface area contributed by atoms with Crippen molar-refractivity contribution in [1.82, 2.24) is 0 Å². The lowest BCUT2D eigenvalue weighted by molar-refractivity contribution is 0.171. The molecular weight excluding hydrogens is 328 g/mol. The second kappa shape index (κ2) is 6.26. The molecule has 5 heteroatoms. The molecular formula is C21H18N2O3. The van der Waals surface area contributed by atoms with Gasteiger partial charge in [-0.25, -0.2) is 0 Å². The van der Waals surface area contributed by atoms with Crippen molar-refractivity contribution in [2.24, 2.45) is 5.10 Å². The lowest BCUT2D eigenvalue weighted by Crippen LogP contribution is -2.17. The summed E-state index contributed by atoms with van der Waals surface area (Å²) in [4.78, 5) is 0. The summed E-state index contributed by atoms with van der Waals surface area (Å²) in [5.74, 6) is 2.48. The van der Waals surface area contributed by atoms with Gasteiger partial charge in [0.25, 0.3) is 0 Å². The summed E-state index contributed by atoms with van der Waals surface area (Å²) in [6, 6.07) is 20.1. The molecule has 130 valence electrons. The average molecular weight is 346 g/mol. The number of rotatable bonds is 3. The zero-order chi connectivity index (χ0) is 17.3. The number of anilines is 1. The van der Waals surface area contributed by atoms with Gasteiger partial charge >= 0.3 is 0 Å². The first kappa shape index (κ1) is 15.1. The molecule has 5 nitrogen and oxygen atoms in total. The average Bonchev–Trinajstić information content (AvgIpc) is 3.38. The minimum absolute atomic E-state index is 0.0376. The van der Waals surface area contributed by atoms with Gasteiger partial charge in [0.1, 0.15) is 25.0 Å². The van der Waals surface area contributed by atoms with Crippen LogP contribution in [0.15, 0.2) is 76.4 Å². The SMILES string of the molecule is c1ccc(N2N=C(c3ccc4c(c3)OCCO4)CC2c2ccco2)cc1. The predicted octanol–water partition coefficient (Wildman–Crippen LogP) is 4.41. The summed E-state index contributed by atoms with van der Waals surface area (Å²) in [7, 11) is 0. The van der Waals surface area contributed by atoms with Crippen LogP contribution in [0.4, 0.5) is 5.69 Å². The molecule has 1 atom stereocenters. The van der Waals surface area contributed by atoms with Crippen LogP contribution in [0.25, 0.3) is 0 Å². The second-order valence-electron chi connectivity index (χ2n) is 6.32. The molecule has 2 aliphatic heterocycles. The number of ether oxygens (including phenoxy) is 2. The van der Waals surface area contributed by atoms with Crippen LogP contribution in [-0.4, -0.2) is 18.9 Å². The molecule has 3 aromatic rings. The Hall–Kier alpha value is -3.21. The van der Waals surface area contributed by atoms with Crippen LogP contribution in [0.2, 0.25) is 0 Å². The van der Waals surface area contributed by atoms with Gasteiger partial charge in [-0.2, -0.15) is 5.10 Å². The highest BCUT2D eigenvalue weighted by Crippen LogP contribution is 2.38. The first-order valence-corrected chi connectivity index (χ1v) is 8.74. The van der Waals surface area contributed by atoms with E-state index in [1.165, 1.54) is 0 Å². The summed E-state index contributed by atoms with van der Waals surface area (Å²) < 4.78 is 17.0. The lowest BCUT2D eigenvalue weighted by atomic mass is 10.0. The van der Waals surface area contributed by atoms with E-state index in [0.717, 1.165) is 40.6 Å². The molecule has 0 fully saturated rings. The summed E-state index contributed by atoms with van der Waals surface area (Å²) in [6.45, 7) is 1.17. The quantitative estimate of drug-likeness (QED) is 0.705. The maximum absolute atomic E-state index is 5.72. The second-order valence-corrected chi connectivity index (χ2v) is 6.32. The third-order valence-corrected chi connectivity index (χ3v) is 4.68. The number of fused-ring (bicyclic) bond motifs is 1. The van der Waals surface area contributed by atoms with E-state index in [4.69, 9.17) is 19.0 Å². The molecule has 1 unspecified atom stereocenters. The molecule has 2 aliphatic rings. The smallest absolute Gasteiger partial charge is 0.162 e. The lowest BCUT2D eigenvalue weighted by Gasteiger charge is -2.21. The number of para-hydroxylation sites is 1. The molecule has 26 heavy (non-hydrogen) atoms. The van der Waals surface area contributed by atoms with Gasteiger partial charge in [0.15, 0.2) is 11.5 Å². The van der Waals surface area contributed by atoms with E-state index in [0.29, 0.717) is 13.2 Å². The summed E-state index contributed by atoms with van der Waals surface area (Å²) in [5.41, 5.74) is 3.10. The van der Waals surface area contributed by atoms with E-state index < -0.39 is 0 Å². The van der Waals surface area contributed by atoms with Crippen LogP contribution in [-0.2, 0) is 0 Å². The Bertz CT molecular complexity index is 935. The molecule has 0 bridgehead atoms. The van der Waals surface area contributed by atoms with Gasteiger partial charge in [-0.1, -0.05) is 18.2 Å². The zero-order valence-electron chi connectivity index (χ0n) is 14.2. The fourth-order valence-corrected chi connectivity index (χ4v) is 3.43. The minimum Gasteiger partial charge on any atom is -0.486 e. The molecule has 0 N–H and O–H groups in total. The third kappa shape index (κ3) is 2.62. The summed E-state index contributed by atoms with van der Waals surface area (Å²) in [5, 5.41) is 6.94. The van der Waals surface area contributed by atoms with Gasteiger partial charge in [-0.3, -0.25) is 5.01 Å². The van der Waals surface area contributed by atoms with Crippen molar-refractivity contribution >= 4 is 11.4 Å². The van der Waals surface area contributed by atoms with Crippen molar-refractivity contribution in [3.05, 3.63) is 78.3 Å². The summed E-state index contributed by atoms with van der Waals surface area (Å²) >= 11 is 0. The molecule has 0 saturated heterocycles. The van der Waals surface area contributed by atoms with Crippen LogP contribution in [0.3, 0.4) is 0 Å². The molecule has 0 amide bonds. The Morgan fingerprint density at radius 3 is 2.54 bits per heavy atom. The fourth-order valence-electron chi connectivity index (χ4n) is 3.43. The Morgan fingerprint density at radius 1 is 0.885 bits per heavy atom. The summed E-state index contributed by atoms with van der Waals surface area (Å²) in [6.07, 6.45) is 2.47. The standard InChI is InChI=1S/C21H18N2O3/c1-2-5-16(6-3-1)23-18(19-7-4-10-24-19)14-17(22-23)15-8-9-20-21(13-15)26-12-11-25-20/h1-10,13,18H,11-12,14H2. The molecule has 1 aromatic heterocycles. The molecule has 2 aromatic carbocycles. The third-order valence-electron chi connectivity index (χ3n) is 4.68. The number of hydrazone groups is 1. The highest BCUT2D eigenvalue weighted by Gasteiger charge is 2.32. The monoisotopic (exact) mass is 346 g/mol. The fraction of sp³-hybridized carbons (Fsp3) is 0.190. The van der Waals surface area contributed by atoms with E-state index >= 15 is 0 Å². The Kier molecular flexibility index (Phi) is 3.63. The highest BCUT2D eigenvalue weighted by molar-refractivity contribution is 6.03. The van der Waals surface area contributed by atoms with Crippen molar-refractivity contribution in [2.75, 3.05) is 18.2 Å². The van der Waals surface area contributed by atoms with E-state index in [-0.39, 0.29) is 6.04 Å². The largest absolute Gasteiger partial charge is 0.486 e. The zero-order valence-corrected chi connectivity index (χ0v) is 14.2. The minimum atomic E-state index is 0.0376. The van der Waals surface area contributed by atoms with Crippen LogP contribution in [0.1, 0.15) is 23.8 Å². The molecule has 0 spiro atoms. The van der Waals surface area contributed by atoms with Gasteiger partial charge < -0.3 is 13.9 Å². The number of nitrogens with zero attached hydrogens (tertiary/aromatic N) is 2. The topological polar surface area (TPSA) is 47.2 Å². The molecule has 3 heterocycles. The van der Waals surface area contributed by atoms with E-state index in [1.54, 1.807) is 6.26 Å². The molecule has 0 radical (unpaired) electrons. The van der Waals surface area contributed by atoms with Gasteiger partial charge in [0.05, 0.1) is 17.7 Å². The number of hydrogen-bond acceptors (Lipinski definition) is 5. The van der Waals surface area contributed by atoms with Crippen molar-refractivity contribution in [3.63, 3.8) is 0 Å². The van der Waals surface area contributed by atoms with Crippen molar-refractivity contribution < 1.29 is 13.9 Å². The Labute approximate surface area is 151 Å². The van der Waals surface area contributed by atoms with Crippen molar-refractivity contribution in [2.45, 2.75) is 12.5 Å². The Morgan fingerprint density at radius 2 is 1.73 bits per heavy atom. The van der Waals surface area contributed by atoms with Crippen LogP contribution in [0, 0.1) is 0 Å². The molecule has 0 saturated carbocycles. The van der Waals surface area contributed by atoms with E-state index in [1.807, 2.05) is 53.5 Å². The van der Waals surface area contributed by atoms with Crippen LogP contribution < -0.4 is 14.5 Å². The van der Waals surface area contributed by atoms with Gasteiger partial charge in [-0.15, -0.1) is 0 Å². The van der Waals surface area contributed by atoms with E-state index in [9.17, 15) is 0 Å². The maximum Gasteiger partial charge on any atom is 0.162 e. The van der Waals surface area contributed by atoms with E-state index in [2.05, 4.69) is 12.1 Å². The maximum atomic E-state index is 5.72. The van der Waals surface area contributed by atoms with Gasteiger partial charge in [0.2, 0.25) is 0 Å². The number of furan rings is 1. The first-order chi connectivity index (χ1) is 12.9. The number of benzene rings is 2. The van der Waals surface area contributed by atoms with Crippen LogP contribution in [0.5, 0.6) is 11.5 Å². The molecule has 0 aliphatic carbocycles. The Balaban J connectivity index is 1.53. The van der Waals surface area contributed by atoms with Crippen molar-refractivity contribution in [1.29, 1.82) is 0 Å². The first-order valence-electron chi connectivity index (χ1n) is 8.74. The van der Waals surface area contributed by atoms with Crippen molar-refractivity contribution in [3.8, 4) is 11.5 Å². The number of hydrogen-bond donors (Lipinski definition) is 0. The van der Waals surface area contributed by atoms with Crippen LogP contribution >= 0.6 is 0 Å². The van der Waals surface area contributed by atoms with Gasteiger partial charge in [-0.05, 0) is 42.5 Å². The highest BCUT2D eigenvalue weighted by atomic mass is 16.6. The van der Waals surface area contributed by atoms with Gasteiger partial charge in [0, 0.05) is 12.0 Å². The molecule has 5 rings (SSSR count). The normalized spacial score (nSPS) is 18.7.